The minimum atomic E-state index is -2.33. The molecule has 6 aliphatic rings. The van der Waals surface area contributed by atoms with Gasteiger partial charge in [0.05, 0.1) is 17.1 Å². The molecule has 1 heterocycles. The molecule has 308 valence electrons. The van der Waals surface area contributed by atoms with Gasteiger partial charge in [0, 0.05) is 26.2 Å². The minimum Gasteiger partial charge on any atom is -0.456 e. The van der Waals surface area contributed by atoms with Gasteiger partial charge in [0.2, 0.25) is 0 Å². The summed E-state index contributed by atoms with van der Waals surface area (Å²) < 4.78 is 25.7. The first kappa shape index (κ1) is 41.5. The van der Waals surface area contributed by atoms with Crippen LogP contribution in [0.25, 0.3) is 5.57 Å². The summed E-state index contributed by atoms with van der Waals surface area (Å²) in [5.74, 6) is 4.27. The third kappa shape index (κ3) is 7.25. The fourth-order valence-electron chi connectivity index (χ4n) is 14.6. The molecule has 0 bridgehead atoms. The summed E-state index contributed by atoms with van der Waals surface area (Å²) in [6, 6.07) is 8.24. The molecule has 3 N–H and O–H groups in total. The molecule has 1 aromatic rings. The highest BCUT2D eigenvalue weighted by atomic mass is 32.3. The van der Waals surface area contributed by atoms with E-state index in [9.17, 15) is 13.9 Å². The maximum absolute atomic E-state index is 12.8. The lowest BCUT2D eigenvalue weighted by Crippen LogP contribution is -2.65. The zero-order valence-corrected chi connectivity index (χ0v) is 36.9. The van der Waals surface area contributed by atoms with Crippen molar-refractivity contribution in [1.29, 1.82) is 0 Å². The van der Waals surface area contributed by atoms with Gasteiger partial charge in [-0.1, -0.05) is 65.0 Å². The number of nitrogens with one attached hydrogen (secondary N) is 1. The van der Waals surface area contributed by atoms with Gasteiger partial charge in [0.15, 0.2) is 0 Å². The van der Waals surface area contributed by atoms with E-state index in [-0.39, 0.29) is 16.8 Å². The Kier molecular flexibility index (Phi) is 11.0. The predicted octanol–water partition coefficient (Wildman–Crippen LogP) is 11.3. The molecule has 0 amide bonds. The molecular weight excluding hydrogens is 701 g/mol. The Morgan fingerprint density at radius 1 is 0.909 bits per heavy atom. The van der Waals surface area contributed by atoms with Crippen molar-refractivity contribution >= 4 is 22.1 Å². The Labute approximate surface area is 336 Å². The summed E-state index contributed by atoms with van der Waals surface area (Å²) in [5.41, 5.74) is 5.62. The average Bonchev–Trinajstić information content (AvgIpc) is 3.48. The van der Waals surface area contributed by atoms with Crippen LogP contribution in [0.3, 0.4) is 0 Å². The van der Waals surface area contributed by atoms with E-state index in [1.54, 1.807) is 0 Å². The Bertz CT molecular complexity index is 1640. The number of hydrogen-bond donors (Lipinski definition) is 3. The predicted molar refractivity (Wildman–Crippen MR) is 230 cm³/mol. The number of allylic oxidation sites excluding steroid dienone is 3. The van der Waals surface area contributed by atoms with Gasteiger partial charge in [-0.3, -0.25) is 14.0 Å². The topological polar surface area (TPSA) is 82.0 Å². The quantitative estimate of drug-likeness (QED) is 0.132. The number of benzene rings is 1. The van der Waals surface area contributed by atoms with Gasteiger partial charge in [-0.05, 0) is 178 Å². The van der Waals surface area contributed by atoms with Crippen LogP contribution in [0.5, 0.6) is 0 Å². The van der Waals surface area contributed by atoms with E-state index in [0.29, 0.717) is 51.1 Å². The second-order valence-electron chi connectivity index (χ2n) is 21.7. The van der Waals surface area contributed by atoms with Gasteiger partial charge in [-0.15, -0.1) is 0 Å². The first-order valence-corrected chi connectivity index (χ1v) is 23.9. The van der Waals surface area contributed by atoms with Crippen molar-refractivity contribution in [2.45, 2.75) is 132 Å². The van der Waals surface area contributed by atoms with Crippen molar-refractivity contribution in [1.82, 2.24) is 10.2 Å². The molecule has 7 heteroatoms. The van der Waals surface area contributed by atoms with E-state index in [0.717, 1.165) is 51.0 Å². The Morgan fingerprint density at radius 2 is 1.60 bits per heavy atom. The van der Waals surface area contributed by atoms with Crippen molar-refractivity contribution in [2.75, 3.05) is 44.2 Å². The normalized spacial score (nSPS) is 40.1. The van der Waals surface area contributed by atoms with Gasteiger partial charge in [-0.25, -0.2) is 4.79 Å². The molecule has 9 atom stereocenters. The van der Waals surface area contributed by atoms with E-state index in [1.165, 1.54) is 74.5 Å². The third-order valence-corrected chi connectivity index (χ3v) is 19.2. The van der Waals surface area contributed by atoms with E-state index < -0.39 is 16.2 Å². The van der Waals surface area contributed by atoms with Crippen LogP contribution in [-0.2, 0) is 4.74 Å². The third-order valence-electron chi connectivity index (χ3n) is 17.5. The summed E-state index contributed by atoms with van der Waals surface area (Å²) in [4.78, 5) is 15.2. The highest BCUT2D eigenvalue weighted by Gasteiger charge is 2.70. The number of rotatable bonds is 9. The molecule has 0 aromatic heterocycles. The van der Waals surface area contributed by atoms with Gasteiger partial charge < -0.3 is 10.1 Å². The number of nitrogens with zero attached hydrogens (tertiary/aromatic N) is 1. The number of esters is 1. The zero-order chi connectivity index (χ0) is 39.8. The fourth-order valence-corrected chi connectivity index (χ4v) is 15.9. The first-order chi connectivity index (χ1) is 25.7. The highest BCUT2D eigenvalue weighted by Crippen LogP contribution is 2.78. The first-order valence-electron chi connectivity index (χ1n) is 22.0. The molecule has 1 aliphatic heterocycles. The van der Waals surface area contributed by atoms with Crippen molar-refractivity contribution in [3.63, 3.8) is 0 Å². The van der Waals surface area contributed by atoms with Gasteiger partial charge in [0.1, 0.15) is 5.60 Å². The van der Waals surface area contributed by atoms with E-state index in [4.69, 9.17) is 4.74 Å². The van der Waals surface area contributed by atoms with Crippen molar-refractivity contribution in [2.24, 2.45) is 56.7 Å². The smallest absolute Gasteiger partial charge is 0.338 e. The summed E-state index contributed by atoms with van der Waals surface area (Å²) in [5, 5.41) is 3.85. The molecule has 4 saturated carbocycles. The summed E-state index contributed by atoms with van der Waals surface area (Å²) in [6.45, 7) is 30.6. The van der Waals surface area contributed by atoms with Crippen LogP contribution in [0.1, 0.15) is 142 Å². The summed E-state index contributed by atoms with van der Waals surface area (Å²) in [6.07, 6.45) is 15.7. The maximum Gasteiger partial charge on any atom is 0.338 e. The zero-order valence-electron chi connectivity index (χ0n) is 36.1. The number of ether oxygens (including phenoxy) is 1. The van der Waals surface area contributed by atoms with Gasteiger partial charge >= 0.3 is 5.97 Å². The minimum absolute atomic E-state index is 0.0437. The number of carbonyl (C=O) groups is 1. The van der Waals surface area contributed by atoms with Crippen molar-refractivity contribution in [3.05, 3.63) is 53.6 Å². The lowest BCUT2D eigenvalue weighted by atomic mass is 9.32. The monoisotopic (exact) mass is 777 g/mol. The number of hydrogen-bond acceptors (Lipinski definition) is 6. The van der Waals surface area contributed by atoms with Crippen molar-refractivity contribution in [3.8, 4) is 0 Å². The Balaban J connectivity index is 1.08. The van der Waals surface area contributed by atoms with Crippen molar-refractivity contribution < 1.29 is 18.6 Å². The summed E-state index contributed by atoms with van der Waals surface area (Å²) >= 11 is 0. The molecular formula is C48H76N2O4S. The molecule has 6 nitrogen and oxygen atoms in total. The van der Waals surface area contributed by atoms with Crippen LogP contribution in [0.2, 0.25) is 0 Å². The van der Waals surface area contributed by atoms with E-state index >= 15 is 0 Å². The van der Waals surface area contributed by atoms with E-state index in [2.05, 4.69) is 76.5 Å². The molecule has 55 heavy (non-hydrogen) atoms. The summed E-state index contributed by atoms with van der Waals surface area (Å²) in [7, 11) is -2.33. The molecule has 5 fully saturated rings. The van der Waals surface area contributed by atoms with Crippen LogP contribution in [-0.4, -0.2) is 69.8 Å². The molecule has 0 unspecified atom stereocenters. The second kappa shape index (κ2) is 14.6. The van der Waals surface area contributed by atoms with E-state index in [1.807, 2.05) is 32.9 Å². The SMILES string of the molecule is C=C(C)[C@@H]1CC[C@]2(CCNCCN3CCS(O)(O)CC3)CC[C@]3(C)[C@H](CC[C@@H]4[C@@]5(C)CC=C(c6ccc(C(=O)OC(C)(C)C)cc6)C(C)(C)[C@@H]5CC[C@]43C)[C@@H]12. The molecule has 7 rings (SSSR count). The van der Waals surface area contributed by atoms with Crippen LogP contribution in [0, 0.1) is 56.7 Å². The molecule has 5 aliphatic carbocycles. The van der Waals surface area contributed by atoms with Crippen LogP contribution < -0.4 is 5.32 Å². The fraction of sp³-hybridized carbons (Fsp3) is 0.771. The van der Waals surface area contributed by atoms with Gasteiger partial charge in [-0.2, -0.15) is 10.6 Å². The van der Waals surface area contributed by atoms with Crippen LogP contribution in [0.4, 0.5) is 0 Å². The number of carbonyl (C=O) groups excluding carboxylic acids is 1. The van der Waals surface area contributed by atoms with Gasteiger partial charge in [0.25, 0.3) is 0 Å². The highest BCUT2D eigenvalue weighted by molar-refractivity contribution is 8.24. The number of fused-ring (bicyclic) bond motifs is 7. The molecule has 0 spiro atoms. The Morgan fingerprint density at radius 3 is 2.25 bits per heavy atom. The molecule has 1 aromatic carbocycles. The van der Waals surface area contributed by atoms with Crippen LogP contribution in [0.15, 0.2) is 42.5 Å². The molecule has 1 saturated heterocycles. The average molecular weight is 777 g/mol. The lowest BCUT2D eigenvalue weighted by Gasteiger charge is -2.72. The standard InChI is InChI=1S/C48H76N2O4S/c1-33(2)36-17-22-48(25-26-49-27-28-50-29-31-55(52,53)32-30-50)24-23-46(9)38(41(36)48)15-16-40-45(8)20-18-37(44(6,7)39(45)19-21-47(40,46)10)34-11-13-35(14-12-34)42(51)54-43(3,4)5/h11-14,18,36,38-41,49,52-53H,1,15-17,19-32H2,2-10H3/t36-,38+,39-,40+,41+,45-,46+,47+,48+/m0/s1. The second-order valence-corrected chi connectivity index (χ2v) is 24.1. The largest absolute Gasteiger partial charge is 0.456 e. The Hall–Kier alpha value is -1.64. The lowest BCUT2D eigenvalue weighted by molar-refractivity contribution is -0.226. The van der Waals surface area contributed by atoms with Crippen LogP contribution >= 0.6 is 10.6 Å². The maximum atomic E-state index is 12.8. The molecule has 0 radical (unpaired) electrons.